The van der Waals surface area contributed by atoms with Crippen LogP contribution in [-0.2, 0) is 20.8 Å². The number of amides is 3. The van der Waals surface area contributed by atoms with Crippen LogP contribution in [0.25, 0.3) is 0 Å². The molecular formula is C41H43N5O4. The lowest BCUT2D eigenvalue weighted by Crippen LogP contribution is -2.50. The number of benzene rings is 4. The second-order valence-corrected chi connectivity index (χ2v) is 13.9. The number of carbonyl (C=O) groups excluding carboxylic acids is 3. The number of nitrogens with one attached hydrogen (secondary N) is 2. The number of anilines is 2. The summed E-state index contributed by atoms with van der Waals surface area (Å²) in [7, 11) is 1.89. The van der Waals surface area contributed by atoms with E-state index in [0.29, 0.717) is 43.5 Å². The summed E-state index contributed by atoms with van der Waals surface area (Å²) >= 11 is 0. The average Bonchev–Trinajstić information content (AvgIpc) is 3.48. The maximum absolute atomic E-state index is 13.2. The Labute approximate surface area is 293 Å². The normalized spacial score (nSPS) is 23.3. The van der Waals surface area contributed by atoms with Crippen molar-refractivity contribution in [3.8, 4) is 5.75 Å². The van der Waals surface area contributed by atoms with Crippen molar-refractivity contribution in [1.29, 1.82) is 0 Å². The Hall–Kier alpha value is -5.15. The van der Waals surface area contributed by atoms with Crippen molar-refractivity contribution >= 4 is 29.1 Å². The van der Waals surface area contributed by atoms with Crippen LogP contribution in [-0.4, -0.2) is 62.5 Å². The quantitative estimate of drug-likeness (QED) is 0.257. The summed E-state index contributed by atoms with van der Waals surface area (Å²) in [5, 5.41) is 4.33. The highest BCUT2D eigenvalue weighted by atomic mass is 16.5. The third kappa shape index (κ3) is 6.22. The molecule has 0 aromatic heterocycles. The lowest BCUT2D eigenvalue weighted by atomic mass is 9.69. The van der Waals surface area contributed by atoms with Crippen molar-refractivity contribution in [3.63, 3.8) is 0 Å². The van der Waals surface area contributed by atoms with Gasteiger partial charge in [0.05, 0.1) is 17.6 Å². The van der Waals surface area contributed by atoms with E-state index < -0.39 is 0 Å². The molecule has 1 aliphatic carbocycles. The molecule has 0 bridgehead atoms. The zero-order chi connectivity index (χ0) is 34.2. The standard InChI is InChI=1S/C41H43N5O4/c1-44-36-25-31(16-18-34(36)40(43-44)35-19-20-37(47)42-41(35)49)50-26-38(48)46-23-21-45(22-24-46)30-14-11-29(12-15-30)39-32-10-6-5-9-28(32)13-17-33(39)27-7-3-2-4-8-27/h2-12,14-16,18,25,33,35,39-40,43H,13,17,19-24,26H2,1H3,(H,42,47,49). The second-order valence-electron chi connectivity index (χ2n) is 13.9. The molecule has 4 unspecified atom stereocenters. The van der Waals surface area contributed by atoms with E-state index in [9.17, 15) is 14.4 Å². The number of hydrogen-bond donors (Lipinski definition) is 2. The zero-order valence-electron chi connectivity index (χ0n) is 28.4. The molecule has 2 saturated heterocycles. The van der Waals surface area contributed by atoms with Gasteiger partial charge in [0, 0.05) is 57.3 Å². The Bertz CT molecular complexity index is 1890. The molecule has 9 heteroatoms. The molecule has 4 aliphatic rings. The Morgan fingerprint density at radius 3 is 2.30 bits per heavy atom. The largest absolute Gasteiger partial charge is 0.484 e. The number of ether oxygens (including phenoxy) is 1. The number of imide groups is 1. The number of piperidine rings is 1. The molecule has 4 aromatic carbocycles. The predicted octanol–water partition coefficient (Wildman–Crippen LogP) is 5.32. The molecule has 2 fully saturated rings. The maximum atomic E-state index is 13.2. The molecule has 0 radical (unpaired) electrons. The first-order valence-corrected chi connectivity index (χ1v) is 17.8. The lowest BCUT2D eigenvalue weighted by molar-refractivity contribution is -0.137. The van der Waals surface area contributed by atoms with Crippen LogP contribution in [0.4, 0.5) is 11.4 Å². The topological polar surface area (TPSA) is 94.2 Å². The Morgan fingerprint density at radius 1 is 0.780 bits per heavy atom. The Morgan fingerprint density at radius 2 is 1.52 bits per heavy atom. The van der Waals surface area contributed by atoms with Gasteiger partial charge in [-0.3, -0.25) is 19.7 Å². The minimum atomic E-state index is -0.331. The summed E-state index contributed by atoms with van der Waals surface area (Å²) in [6.07, 6.45) is 3.08. The van der Waals surface area contributed by atoms with E-state index in [4.69, 9.17) is 4.74 Å². The number of hydrazine groups is 1. The monoisotopic (exact) mass is 669 g/mol. The lowest BCUT2D eigenvalue weighted by Gasteiger charge is -2.37. The number of aryl methyl sites for hydroxylation is 1. The molecule has 2 N–H and O–H groups in total. The van der Waals surface area contributed by atoms with Gasteiger partial charge in [-0.25, -0.2) is 5.43 Å². The third-order valence-electron chi connectivity index (χ3n) is 11.1. The molecule has 8 rings (SSSR count). The van der Waals surface area contributed by atoms with Gasteiger partial charge in [-0.2, -0.15) is 0 Å². The van der Waals surface area contributed by atoms with Crippen LogP contribution >= 0.6 is 0 Å². The van der Waals surface area contributed by atoms with Crippen molar-refractivity contribution in [1.82, 2.24) is 15.6 Å². The Balaban J connectivity index is 0.877. The first-order chi connectivity index (χ1) is 24.4. The molecule has 3 amide bonds. The van der Waals surface area contributed by atoms with Crippen molar-refractivity contribution in [3.05, 3.63) is 125 Å². The van der Waals surface area contributed by atoms with E-state index in [1.165, 1.54) is 27.9 Å². The van der Waals surface area contributed by atoms with Crippen LogP contribution in [0.2, 0.25) is 0 Å². The van der Waals surface area contributed by atoms with Gasteiger partial charge >= 0.3 is 0 Å². The summed E-state index contributed by atoms with van der Waals surface area (Å²) in [5.41, 5.74) is 12.1. The molecule has 0 saturated carbocycles. The summed E-state index contributed by atoms with van der Waals surface area (Å²) in [6.45, 7) is 2.77. The summed E-state index contributed by atoms with van der Waals surface area (Å²) in [5.74, 6) is 0.534. The molecular weight excluding hydrogens is 626 g/mol. The van der Waals surface area contributed by atoms with E-state index in [2.05, 4.69) is 94.5 Å². The second kappa shape index (κ2) is 13.6. The minimum absolute atomic E-state index is 0.0312. The van der Waals surface area contributed by atoms with Gasteiger partial charge < -0.3 is 19.5 Å². The van der Waals surface area contributed by atoms with Crippen LogP contribution in [0.3, 0.4) is 0 Å². The maximum Gasteiger partial charge on any atom is 0.260 e. The van der Waals surface area contributed by atoms with Gasteiger partial charge in [0.2, 0.25) is 11.8 Å². The van der Waals surface area contributed by atoms with Crippen LogP contribution in [0.1, 0.15) is 65.0 Å². The number of hydrogen-bond acceptors (Lipinski definition) is 7. The van der Waals surface area contributed by atoms with E-state index in [0.717, 1.165) is 37.2 Å². The van der Waals surface area contributed by atoms with E-state index in [-0.39, 0.29) is 36.3 Å². The summed E-state index contributed by atoms with van der Waals surface area (Å²) < 4.78 is 5.98. The Kier molecular flexibility index (Phi) is 8.75. The van der Waals surface area contributed by atoms with Gasteiger partial charge in [0.15, 0.2) is 6.61 Å². The van der Waals surface area contributed by atoms with Crippen molar-refractivity contribution < 1.29 is 19.1 Å². The third-order valence-corrected chi connectivity index (χ3v) is 11.1. The van der Waals surface area contributed by atoms with Gasteiger partial charge in [0.25, 0.3) is 5.91 Å². The number of rotatable bonds is 7. The smallest absolute Gasteiger partial charge is 0.260 e. The molecule has 50 heavy (non-hydrogen) atoms. The van der Waals surface area contributed by atoms with E-state index in [1.807, 2.05) is 35.2 Å². The number of fused-ring (bicyclic) bond motifs is 2. The fourth-order valence-electron chi connectivity index (χ4n) is 8.42. The molecule has 9 nitrogen and oxygen atoms in total. The highest BCUT2D eigenvalue weighted by Gasteiger charge is 2.39. The number of nitrogens with zero attached hydrogens (tertiary/aromatic N) is 3. The highest BCUT2D eigenvalue weighted by molar-refractivity contribution is 5.99. The van der Waals surface area contributed by atoms with Crippen LogP contribution < -0.4 is 25.4 Å². The first-order valence-electron chi connectivity index (χ1n) is 17.8. The molecule has 3 heterocycles. The van der Waals surface area contributed by atoms with Crippen LogP contribution in [0.5, 0.6) is 5.75 Å². The van der Waals surface area contributed by atoms with Gasteiger partial charge in [-0.1, -0.05) is 72.8 Å². The molecule has 3 aliphatic heterocycles. The molecule has 4 atom stereocenters. The summed E-state index contributed by atoms with van der Waals surface area (Å²) in [4.78, 5) is 41.6. The van der Waals surface area contributed by atoms with Gasteiger partial charge in [0.1, 0.15) is 5.75 Å². The first kappa shape index (κ1) is 32.1. The van der Waals surface area contributed by atoms with Gasteiger partial charge in [-0.05, 0) is 71.2 Å². The van der Waals surface area contributed by atoms with Crippen molar-refractivity contribution in [2.24, 2.45) is 5.92 Å². The number of carbonyl (C=O) groups is 3. The fraction of sp³-hybridized carbons (Fsp3) is 0.341. The SMILES string of the molecule is CN1NC(C2CCC(=O)NC2=O)c2ccc(OCC(=O)N3CCN(c4ccc(C5c6ccccc6CCC5c5ccccc5)cc4)CC3)cc21. The van der Waals surface area contributed by atoms with Crippen molar-refractivity contribution in [2.45, 2.75) is 43.6 Å². The van der Waals surface area contributed by atoms with Gasteiger partial charge in [-0.15, -0.1) is 0 Å². The summed E-state index contributed by atoms with van der Waals surface area (Å²) in [6, 6.07) is 34.4. The van der Waals surface area contributed by atoms with E-state index in [1.54, 1.807) is 0 Å². The highest BCUT2D eigenvalue weighted by Crippen LogP contribution is 2.46. The number of piperazine rings is 1. The van der Waals surface area contributed by atoms with Crippen LogP contribution in [0, 0.1) is 5.92 Å². The zero-order valence-corrected chi connectivity index (χ0v) is 28.4. The molecule has 0 spiro atoms. The average molecular weight is 670 g/mol. The van der Waals surface area contributed by atoms with E-state index >= 15 is 0 Å². The van der Waals surface area contributed by atoms with Crippen molar-refractivity contribution in [2.75, 3.05) is 49.7 Å². The van der Waals surface area contributed by atoms with Crippen LogP contribution in [0.15, 0.2) is 97.1 Å². The molecule has 4 aromatic rings. The predicted molar refractivity (Wildman–Crippen MR) is 193 cm³/mol. The minimum Gasteiger partial charge on any atom is -0.484 e. The molecule has 256 valence electrons. The fourth-order valence-corrected chi connectivity index (χ4v) is 8.42.